The van der Waals surface area contributed by atoms with E-state index in [-0.39, 0.29) is 24.4 Å². The number of carbonyl (C=O) groups excluding carboxylic acids is 2. The smallest absolute Gasteiger partial charge is 0.323 e. The Balaban J connectivity index is 1.84. The molecule has 1 heterocycles. The average molecular weight is 341 g/mol. The number of rotatable bonds is 2. The zero-order valence-corrected chi connectivity index (χ0v) is 13.9. The number of urea groups is 1. The van der Waals surface area contributed by atoms with Gasteiger partial charge in [0.15, 0.2) is 0 Å². The number of amides is 3. The van der Waals surface area contributed by atoms with Crippen LogP contribution in [0.4, 0.5) is 4.79 Å². The fraction of sp³-hybridized carbons (Fsp3) is 0.500. The Morgan fingerprint density at radius 1 is 1.27 bits per heavy atom. The van der Waals surface area contributed by atoms with E-state index >= 15 is 0 Å². The molecule has 22 heavy (non-hydrogen) atoms. The summed E-state index contributed by atoms with van der Waals surface area (Å²) in [6.45, 7) is 2.26. The van der Waals surface area contributed by atoms with Gasteiger partial charge in [0.25, 0.3) is 5.91 Å². The molecule has 3 rings (SSSR count). The summed E-state index contributed by atoms with van der Waals surface area (Å²) in [5.74, 6) is 0.0484. The summed E-state index contributed by atoms with van der Waals surface area (Å²) >= 11 is 11.9. The van der Waals surface area contributed by atoms with Gasteiger partial charge in [-0.2, -0.15) is 0 Å². The molecule has 1 aromatic carbocycles. The van der Waals surface area contributed by atoms with E-state index in [4.69, 9.17) is 23.2 Å². The maximum Gasteiger partial charge on any atom is 0.325 e. The van der Waals surface area contributed by atoms with Crippen molar-refractivity contribution in [2.75, 3.05) is 0 Å². The first-order chi connectivity index (χ1) is 10.4. The van der Waals surface area contributed by atoms with Gasteiger partial charge >= 0.3 is 6.03 Å². The Bertz CT molecular complexity index is 635. The molecule has 1 saturated carbocycles. The predicted octanol–water partition coefficient (Wildman–Crippen LogP) is 3.99. The summed E-state index contributed by atoms with van der Waals surface area (Å²) in [6, 6.07) is 4.84. The molecule has 1 aliphatic carbocycles. The third kappa shape index (κ3) is 2.48. The number of hydrogen-bond donors (Lipinski definition) is 1. The zero-order valence-electron chi connectivity index (χ0n) is 12.4. The first-order valence-electron chi connectivity index (χ1n) is 7.52. The number of nitrogens with one attached hydrogen (secondary N) is 1. The lowest BCUT2D eigenvalue weighted by molar-refractivity contribution is -0.134. The minimum absolute atomic E-state index is 0.115. The second-order valence-electron chi connectivity index (χ2n) is 6.19. The van der Waals surface area contributed by atoms with Crippen molar-refractivity contribution in [3.63, 3.8) is 0 Å². The topological polar surface area (TPSA) is 49.4 Å². The van der Waals surface area contributed by atoms with E-state index in [1.807, 2.05) is 6.92 Å². The van der Waals surface area contributed by atoms with Crippen molar-refractivity contribution in [1.29, 1.82) is 0 Å². The minimum atomic E-state index is -0.717. The molecule has 1 aliphatic heterocycles. The summed E-state index contributed by atoms with van der Waals surface area (Å²) in [5, 5.41) is 3.82. The van der Waals surface area contributed by atoms with Crippen LogP contribution < -0.4 is 5.32 Å². The Labute approximate surface area is 139 Å². The van der Waals surface area contributed by atoms with Gasteiger partial charge in [-0.05, 0) is 36.5 Å². The monoisotopic (exact) mass is 340 g/mol. The van der Waals surface area contributed by atoms with Crippen LogP contribution in [0.3, 0.4) is 0 Å². The summed E-state index contributed by atoms with van der Waals surface area (Å²) < 4.78 is 0. The Kier molecular flexibility index (Phi) is 4.08. The first kappa shape index (κ1) is 15.6. The second kappa shape index (κ2) is 5.74. The summed E-state index contributed by atoms with van der Waals surface area (Å²) in [4.78, 5) is 26.4. The average Bonchev–Trinajstić information content (AvgIpc) is 2.71. The van der Waals surface area contributed by atoms with Gasteiger partial charge in [-0.25, -0.2) is 4.79 Å². The second-order valence-corrected chi connectivity index (χ2v) is 7.00. The van der Waals surface area contributed by atoms with Gasteiger partial charge in [-0.1, -0.05) is 49.0 Å². The van der Waals surface area contributed by atoms with Crippen molar-refractivity contribution in [3.8, 4) is 0 Å². The van der Waals surface area contributed by atoms with Crippen molar-refractivity contribution in [1.82, 2.24) is 10.2 Å². The lowest BCUT2D eigenvalue weighted by Gasteiger charge is -2.36. The largest absolute Gasteiger partial charge is 0.325 e. The zero-order chi connectivity index (χ0) is 15.9. The van der Waals surface area contributed by atoms with Crippen LogP contribution in [0.2, 0.25) is 10.0 Å². The Hall–Kier alpha value is -1.26. The molecule has 2 atom stereocenters. The number of imide groups is 1. The van der Waals surface area contributed by atoms with E-state index in [2.05, 4.69) is 5.32 Å². The van der Waals surface area contributed by atoms with E-state index in [0.29, 0.717) is 10.0 Å². The van der Waals surface area contributed by atoms with E-state index in [1.54, 1.807) is 18.2 Å². The molecule has 6 heteroatoms. The Morgan fingerprint density at radius 3 is 2.73 bits per heavy atom. The fourth-order valence-electron chi connectivity index (χ4n) is 3.46. The van der Waals surface area contributed by atoms with Crippen LogP contribution >= 0.6 is 23.2 Å². The molecule has 0 bridgehead atoms. The number of halogens is 2. The molecule has 1 saturated heterocycles. The molecule has 3 amide bonds. The molecule has 2 fully saturated rings. The van der Waals surface area contributed by atoms with Crippen LogP contribution in [0.1, 0.15) is 38.2 Å². The lowest BCUT2D eigenvalue weighted by atomic mass is 9.73. The van der Waals surface area contributed by atoms with Crippen molar-refractivity contribution in [2.45, 2.75) is 44.7 Å². The van der Waals surface area contributed by atoms with Crippen LogP contribution in [0.15, 0.2) is 18.2 Å². The molecule has 1 spiro atoms. The fourth-order valence-corrected chi connectivity index (χ4v) is 3.78. The van der Waals surface area contributed by atoms with Crippen LogP contribution in [0.25, 0.3) is 0 Å². The molecule has 2 unspecified atom stereocenters. The van der Waals surface area contributed by atoms with Crippen molar-refractivity contribution in [2.24, 2.45) is 5.92 Å². The molecule has 2 aliphatic rings. The van der Waals surface area contributed by atoms with Gasteiger partial charge < -0.3 is 5.32 Å². The highest BCUT2D eigenvalue weighted by Crippen LogP contribution is 2.38. The van der Waals surface area contributed by atoms with Gasteiger partial charge in [-0.15, -0.1) is 0 Å². The van der Waals surface area contributed by atoms with Gasteiger partial charge in [-0.3, -0.25) is 9.69 Å². The highest BCUT2D eigenvalue weighted by atomic mass is 35.5. The van der Waals surface area contributed by atoms with Gasteiger partial charge in [0, 0.05) is 0 Å². The maximum atomic E-state index is 12.8. The summed E-state index contributed by atoms with van der Waals surface area (Å²) in [7, 11) is 0. The quantitative estimate of drug-likeness (QED) is 0.827. The summed E-state index contributed by atoms with van der Waals surface area (Å²) in [6.07, 6.45) is 3.76. The molecule has 1 aromatic rings. The lowest BCUT2D eigenvalue weighted by Crippen LogP contribution is -2.53. The highest BCUT2D eigenvalue weighted by Gasteiger charge is 2.54. The minimum Gasteiger partial charge on any atom is -0.323 e. The molecule has 118 valence electrons. The number of nitrogens with zero attached hydrogens (tertiary/aromatic N) is 1. The van der Waals surface area contributed by atoms with E-state index in [9.17, 15) is 9.59 Å². The van der Waals surface area contributed by atoms with Crippen molar-refractivity contribution >= 4 is 35.1 Å². The van der Waals surface area contributed by atoms with Crippen LogP contribution in [0.5, 0.6) is 0 Å². The molecule has 0 radical (unpaired) electrons. The number of benzene rings is 1. The SMILES string of the molecule is CC1CCCCC12NC(=O)N(Cc1ccc(Cl)c(Cl)c1)C2=O. The molecule has 0 aromatic heterocycles. The first-order valence-corrected chi connectivity index (χ1v) is 8.27. The third-order valence-electron chi connectivity index (χ3n) is 4.83. The number of carbonyl (C=O) groups is 2. The maximum absolute atomic E-state index is 12.8. The van der Waals surface area contributed by atoms with Crippen LogP contribution in [-0.4, -0.2) is 22.4 Å². The predicted molar refractivity (Wildman–Crippen MR) is 85.9 cm³/mol. The van der Waals surface area contributed by atoms with Gasteiger partial charge in [0.05, 0.1) is 16.6 Å². The van der Waals surface area contributed by atoms with Gasteiger partial charge in [0.2, 0.25) is 0 Å². The van der Waals surface area contributed by atoms with E-state index in [0.717, 1.165) is 31.2 Å². The van der Waals surface area contributed by atoms with E-state index in [1.165, 1.54) is 4.90 Å². The third-order valence-corrected chi connectivity index (χ3v) is 5.57. The van der Waals surface area contributed by atoms with Crippen LogP contribution in [0, 0.1) is 5.92 Å². The molecular formula is C16H18Cl2N2O2. The van der Waals surface area contributed by atoms with Gasteiger partial charge in [0.1, 0.15) is 5.54 Å². The highest BCUT2D eigenvalue weighted by molar-refractivity contribution is 6.42. The summed E-state index contributed by atoms with van der Waals surface area (Å²) in [5.41, 5.74) is 0.0735. The van der Waals surface area contributed by atoms with Crippen LogP contribution in [-0.2, 0) is 11.3 Å². The number of hydrogen-bond acceptors (Lipinski definition) is 2. The van der Waals surface area contributed by atoms with Crippen molar-refractivity contribution in [3.05, 3.63) is 33.8 Å². The normalized spacial score (nSPS) is 28.3. The molecular weight excluding hydrogens is 323 g/mol. The van der Waals surface area contributed by atoms with Crippen molar-refractivity contribution < 1.29 is 9.59 Å². The Morgan fingerprint density at radius 2 is 2.05 bits per heavy atom. The molecule has 1 N–H and O–H groups in total. The van der Waals surface area contributed by atoms with E-state index < -0.39 is 5.54 Å². The standard InChI is InChI=1S/C16H18Cl2N2O2/c1-10-4-2-3-7-16(10)14(21)20(15(22)19-16)9-11-5-6-12(17)13(18)8-11/h5-6,8,10H,2-4,7,9H2,1H3,(H,19,22). The molecule has 4 nitrogen and oxygen atoms in total.